The molecule has 0 bridgehead atoms. The third kappa shape index (κ3) is 2.41. The van der Waals surface area contributed by atoms with E-state index in [1.165, 1.54) is 21.9 Å². The van der Waals surface area contributed by atoms with E-state index < -0.39 is 0 Å². The molecule has 3 rings (SSSR count). The Morgan fingerprint density at radius 3 is 2.53 bits per heavy atom. The van der Waals surface area contributed by atoms with Crippen LogP contribution in [0.1, 0.15) is 16.8 Å². The molecule has 19 heavy (non-hydrogen) atoms. The maximum atomic E-state index is 4.54. The summed E-state index contributed by atoms with van der Waals surface area (Å²) in [6.45, 7) is 3.86. The quantitative estimate of drug-likeness (QED) is 0.663. The molecule has 3 aromatic rings. The van der Waals surface area contributed by atoms with Crippen molar-refractivity contribution in [2.75, 3.05) is 0 Å². The van der Waals surface area contributed by atoms with Crippen molar-refractivity contribution in [2.24, 2.45) is 0 Å². The molecule has 0 N–H and O–H groups in total. The maximum Gasteiger partial charge on any atom is 0.0454 e. The van der Waals surface area contributed by atoms with Gasteiger partial charge in [0.1, 0.15) is 0 Å². The van der Waals surface area contributed by atoms with E-state index in [1.807, 2.05) is 24.4 Å². The number of nitrogens with zero attached hydrogens (tertiary/aromatic N) is 1. The molecule has 0 aliphatic rings. The molecule has 0 radical (unpaired) electrons. The van der Waals surface area contributed by atoms with E-state index in [1.54, 1.807) is 0 Å². The summed E-state index contributed by atoms with van der Waals surface area (Å²) < 4.78 is 0. The first-order valence-electron chi connectivity index (χ1n) is 6.41. The normalized spacial score (nSPS) is 10.5. The summed E-state index contributed by atoms with van der Waals surface area (Å²) in [5.74, 6) is 0. The summed E-state index contributed by atoms with van der Waals surface area (Å²) in [7, 11) is 0. The van der Waals surface area contributed by atoms with Crippen LogP contribution < -0.4 is 0 Å². The fourth-order valence-corrected chi connectivity index (χ4v) is 2.32. The molecule has 0 spiro atoms. The number of benzene rings is 2. The molecule has 0 saturated heterocycles. The van der Waals surface area contributed by atoms with Gasteiger partial charge in [-0.3, -0.25) is 4.98 Å². The highest BCUT2D eigenvalue weighted by molar-refractivity contribution is 5.81. The molecule has 0 amide bonds. The van der Waals surface area contributed by atoms with Crippen molar-refractivity contribution in [1.82, 2.24) is 4.98 Å². The summed E-state index contributed by atoms with van der Waals surface area (Å²) in [5, 5.41) is 2.42. The van der Waals surface area contributed by atoms with Gasteiger partial charge in [-0.05, 0) is 22.6 Å². The van der Waals surface area contributed by atoms with Gasteiger partial charge in [-0.1, -0.05) is 61.2 Å². The van der Waals surface area contributed by atoms with Crippen molar-refractivity contribution in [3.05, 3.63) is 84.2 Å². The second-order valence-electron chi connectivity index (χ2n) is 4.60. The van der Waals surface area contributed by atoms with Crippen LogP contribution in [0.25, 0.3) is 16.8 Å². The smallest absolute Gasteiger partial charge is 0.0454 e. The number of aromatic nitrogens is 1. The molecular weight excluding hydrogens is 230 g/mol. The van der Waals surface area contributed by atoms with Crippen LogP contribution in [-0.2, 0) is 6.42 Å². The van der Waals surface area contributed by atoms with Gasteiger partial charge in [0.15, 0.2) is 0 Å². The highest BCUT2D eigenvalue weighted by atomic mass is 14.7. The molecule has 1 nitrogen and oxygen atoms in total. The van der Waals surface area contributed by atoms with E-state index in [0.717, 1.165) is 12.1 Å². The monoisotopic (exact) mass is 245 g/mol. The fraction of sp³-hybridized carbons (Fsp3) is 0.0556. The second kappa shape index (κ2) is 5.07. The molecule has 1 heterocycles. The van der Waals surface area contributed by atoms with E-state index in [4.69, 9.17) is 0 Å². The lowest BCUT2D eigenvalue weighted by Gasteiger charge is -2.06. The fourth-order valence-electron chi connectivity index (χ4n) is 2.32. The van der Waals surface area contributed by atoms with Gasteiger partial charge in [0, 0.05) is 23.7 Å². The van der Waals surface area contributed by atoms with Crippen LogP contribution in [-0.4, -0.2) is 4.98 Å². The lowest BCUT2D eigenvalue weighted by Crippen LogP contribution is -1.94. The highest BCUT2D eigenvalue weighted by Gasteiger charge is 2.02. The maximum absolute atomic E-state index is 4.54. The minimum Gasteiger partial charge on any atom is -0.260 e. The second-order valence-corrected chi connectivity index (χ2v) is 4.60. The van der Waals surface area contributed by atoms with Gasteiger partial charge in [-0.15, -0.1) is 0 Å². The minimum absolute atomic E-state index is 0.840. The van der Waals surface area contributed by atoms with Gasteiger partial charge in [-0.25, -0.2) is 0 Å². The number of rotatable bonds is 3. The van der Waals surface area contributed by atoms with Crippen LogP contribution in [0.15, 0.2) is 67.4 Å². The zero-order valence-electron chi connectivity index (χ0n) is 10.7. The Labute approximate surface area is 113 Å². The largest absolute Gasteiger partial charge is 0.260 e. The zero-order valence-corrected chi connectivity index (χ0v) is 10.7. The van der Waals surface area contributed by atoms with Gasteiger partial charge in [0.05, 0.1) is 0 Å². The van der Waals surface area contributed by atoms with E-state index in [-0.39, 0.29) is 0 Å². The first kappa shape index (κ1) is 11.7. The summed E-state index contributed by atoms with van der Waals surface area (Å²) in [6.07, 6.45) is 4.69. The molecule has 0 unspecified atom stereocenters. The summed E-state index contributed by atoms with van der Waals surface area (Å²) in [4.78, 5) is 4.54. The predicted octanol–water partition coefficient (Wildman–Crippen LogP) is 4.47. The van der Waals surface area contributed by atoms with Crippen LogP contribution in [0.4, 0.5) is 0 Å². The van der Waals surface area contributed by atoms with Crippen LogP contribution in [0.5, 0.6) is 0 Å². The van der Waals surface area contributed by atoms with Crippen molar-refractivity contribution < 1.29 is 0 Å². The molecule has 0 aliphatic heterocycles. The topological polar surface area (TPSA) is 12.9 Å². The van der Waals surface area contributed by atoms with Crippen molar-refractivity contribution in [3.8, 4) is 0 Å². The third-order valence-corrected chi connectivity index (χ3v) is 3.33. The lowest BCUT2D eigenvalue weighted by atomic mass is 10.0. The van der Waals surface area contributed by atoms with Crippen molar-refractivity contribution in [2.45, 2.75) is 6.42 Å². The molecule has 2 aromatic carbocycles. The van der Waals surface area contributed by atoms with E-state index >= 15 is 0 Å². The Balaban J connectivity index is 1.99. The standard InChI is InChI=1S/C18H15N/c1-2-14-7-3-4-8-15(14)11-18-12-16-9-5-6-10-17(16)13-19-18/h2-10,12-13H,1,11H2. The molecular formula is C18H15N. The molecule has 0 aliphatic carbocycles. The summed E-state index contributed by atoms with van der Waals surface area (Å²) >= 11 is 0. The molecule has 0 fully saturated rings. The molecule has 0 atom stereocenters. The Hall–Kier alpha value is -2.41. The average molecular weight is 245 g/mol. The molecule has 0 saturated carbocycles. The number of hydrogen-bond acceptors (Lipinski definition) is 1. The molecule has 92 valence electrons. The van der Waals surface area contributed by atoms with E-state index in [2.05, 4.69) is 54.0 Å². The van der Waals surface area contributed by atoms with Gasteiger partial charge >= 0.3 is 0 Å². The van der Waals surface area contributed by atoms with Gasteiger partial charge in [-0.2, -0.15) is 0 Å². The predicted molar refractivity (Wildman–Crippen MR) is 81.1 cm³/mol. The van der Waals surface area contributed by atoms with Crippen LogP contribution >= 0.6 is 0 Å². The highest BCUT2D eigenvalue weighted by Crippen LogP contribution is 2.18. The van der Waals surface area contributed by atoms with Crippen molar-refractivity contribution in [1.29, 1.82) is 0 Å². The Morgan fingerprint density at radius 1 is 0.947 bits per heavy atom. The van der Waals surface area contributed by atoms with Gasteiger partial charge < -0.3 is 0 Å². The zero-order chi connectivity index (χ0) is 13.1. The van der Waals surface area contributed by atoms with Crippen molar-refractivity contribution in [3.63, 3.8) is 0 Å². The van der Waals surface area contributed by atoms with Crippen LogP contribution in [0.2, 0.25) is 0 Å². The molecule has 1 heteroatoms. The molecule has 1 aromatic heterocycles. The summed E-state index contributed by atoms with van der Waals surface area (Å²) in [6, 6.07) is 18.8. The van der Waals surface area contributed by atoms with E-state index in [0.29, 0.717) is 0 Å². The average Bonchev–Trinajstić information content (AvgIpc) is 2.48. The van der Waals surface area contributed by atoms with Crippen LogP contribution in [0.3, 0.4) is 0 Å². The minimum atomic E-state index is 0.840. The third-order valence-electron chi connectivity index (χ3n) is 3.33. The van der Waals surface area contributed by atoms with Gasteiger partial charge in [0.2, 0.25) is 0 Å². The number of hydrogen-bond donors (Lipinski definition) is 0. The first-order chi connectivity index (χ1) is 9.36. The Bertz CT molecular complexity index is 728. The van der Waals surface area contributed by atoms with Crippen LogP contribution in [0, 0.1) is 0 Å². The lowest BCUT2D eigenvalue weighted by molar-refractivity contribution is 1.08. The Kier molecular flexibility index (Phi) is 3.11. The number of pyridine rings is 1. The Morgan fingerprint density at radius 2 is 1.68 bits per heavy atom. The number of fused-ring (bicyclic) bond motifs is 1. The van der Waals surface area contributed by atoms with E-state index in [9.17, 15) is 0 Å². The first-order valence-corrected chi connectivity index (χ1v) is 6.41. The summed E-state index contributed by atoms with van der Waals surface area (Å²) in [5.41, 5.74) is 3.53. The van der Waals surface area contributed by atoms with Crippen molar-refractivity contribution >= 4 is 16.8 Å². The SMILES string of the molecule is C=Cc1ccccc1Cc1cc2ccccc2cn1. The van der Waals surface area contributed by atoms with Gasteiger partial charge in [0.25, 0.3) is 0 Å².